The summed E-state index contributed by atoms with van der Waals surface area (Å²) < 4.78 is 13.2. The van der Waals surface area contributed by atoms with Crippen molar-refractivity contribution < 1.29 is 4.39 Å². The average molecular weight is 223 g/mol. The van der Waals surface area contributed by atoms with Crippen LogP contribution in [-0.2, 0) is 6.42 Å². The number of hydrogen-bond acceptors (Lipinski definition) is 1. The second kappa shape index (κ2) is 5.44. The van der Waals surface area contributed by atoms with Crippen LogP contribution in [0.15, 0.2) is 18.2 Å². The maximum atomic E-state index is 13.2. The summed E-state index contributed by atoms with van der Waals surface area (Å²) in [6.45, 7) is 10.5. The van der Waals surface area contributed by atoms with Crippen molar-refractivity contribution in [2.24, 2.45) is 5.41 Å². The van der Waals surface area contributed by atoms with Crippen LogP contribution in [0.5, 0.6) is 0 Å². The maximum Gasteiger partial charge on any atom is 0.123 e. The minimum Gasteiger partial charge on any atom is -0.316 e. The van der Waals surface area contributed by atoms with E-state index in [0.29, 0.717) is 0 Å². The van der Waals surface area contributed by atoms with Crippen LogP contribution in [-0.4, -0.2) is 13.1 Å². The molecule has 1 nitrogen and oxygen atoms in total. The minimum absolute atomic E-state index is 0.139. The molecule has 0 heterocycles. The second-order valence-electron chi connectivity index (χ2n) is 5.19. The standard InChI is InChI=1S/C14H22FN/c1-5-16-10-14(3,4)9-12-8-13(15)7-6-11(12)2/h6-8,16H,5,9-10H2,1-4H3. The predicted molar refractivity (Wildman–Crippen MR) is 67.2 cm³/mol. The van der Waals surface area contributed by atoms with E-state index in [4.69, 9.17) is 0 Å². The van der Waals surface area contributed by atoms with Crippen molar-refractivity contribution in [1.82, 2.24) is 5.32 Å². The molecule has 0 aromatic heterocycles. The third-order valence-electron chi connectivity index (χ3n) is 2.83. The van der Waals surface area contributed by atoms with Crippen LogP contribution < -0.4 is 5.32 Å². The highest BCUT2D eigenvalue weighted by atomic mass is 19.1. The Morgan fingerprint density at radius 1 is 1.31 bits per heavy atom. The highest BCUT2D eigenvalue weighted by molar-refractivity contribution is 5.27. The van der Waals surface area contributed by atoms with E-state index in [-0.39, 0.29) is 11.2 Å². The first-order chi connectivity index (χ1) is 7.44. The van der Waals surface area contributed by atoms with Crippen molar-refractivity contribution in [3.63, 3.8) is 0 Å². The van der Waals surface area contributed by atoms with Crippen molar-refractivity contribution in [2.75, 3.05) is 13.1 Å². The Balaban J connectivity index is 2.74. The molecule has 2 heteroatoms. The fourth-order valence-corrected chi connectivity index (χ4v) is 1.87. The van der Waals surface area contributed by atoms with Gasteiger partial charge >= 0.3 is 0 Å². The van der Waals surface area contributed by atoms with Crippen molar-refractivity contribution >= 4 is 0 Å². The molecule has 0 saturated heterocycles. The lowest BCUT2D eigenvalue weighted by Crippen LogP contribution is -2.31. The predicted octanol–water partition coefficient (Wildman–Crippen LogP) is 3.31. The lowest BCUT2D eigenvalue weighted by Gasteiger charge is -2.25. The number of hydrogen-bond donors (Lipinski definition) is 1. The summed E-state index contributed by atoms with van der Waals surface area (Å²) in [6, 6.07) is 5.03. The summed E-state index contributed by atoms with van der Waals surface area (Å²) in [7, 11) is 0. The molecule has 1 aromatic carbocycles. The lowest BCUT2D eigenvalue weighted by molar-refractivity contribution is 0.341. The zero-order valence-electron chi connectivity index (χ0n) is 10.7. The molecule has 1 rings (SSSR count). The number of benzene rings is 1. The lowest BCUT2D eigenvalue weighted by atomic mass is 9.84. The molecule has 16 heavy (non-hydrogen) atoms. The number of rotatable bonds is 5. The zero-order valence-corrected chi connectivity index (χ0v) is 10.7. The van der Waals surface area contributed by atoms with Gasteiger partial charge < -0.3 is 5.32 Å². The molecule has 0 fully saturated rings. The Kier molecular flexibility index (Phi) is 4.48. The first-order valence-electron chi connectivity index (χ1n) is 5.90. The van der Waals surface area contributed by atoms with Gasteiger partial charge in [-0.3, -0.25) is 0 Å². The van der Waals surface area contributed by atoms with E-state index in [1.807, 2.05) is 13.0 Å². The summed E-state index contributed by atoms with van der Waals surface area (Å²) in [6.07, 6.45) is 0.906. The number of aryl methyl sites for hydroxylation is 1. The summed E-state index contributed by atoms with van der Waals surface area (Å²) in [5.41, 5.74) is 2.45. The van der Waals surface area contributed by atoms with Gasteiger partial charge in [0.15, 0.2) is 0 Å². The van der Waals surface area contributed by atoms with Crippen LogP contribution in [0.25, 0.3) is 0 Å². The Bertz CT molecular complexity index is 345. The monoisotopic (exact) mass is 223 g/mol. The van der Waals surface area contributed by atoms with Crippen LogP contribution in [0.4, 0.5) is 4.39 Å². The summed E-state index contributed by atoms with van der Waals surface area (Å²) >= 11 is 0. The topological polar surface area (TPSA) is 12.0 Å². The highest BCUT2D eigenvalue weighted by Gasteiger charge is 2.19. The van der Waals surface area contributed by atoms with Gasteiger partial charge in [-0.2, -0.15) is 0 Å². The molecule has 0 unspecified atom stereocenters. The molecule has 0 radical (unpaired) electrons. The molecular weight excluding hydrogens is 201 g/mol. The van der Waals surface area contributed by atoms with E-state index < -0.39 is 0 Å². The van der Waals surface area contributed by atoms with E-state index >= 15 is 0 Å². The fraction of sp³-hybridized carbons (Fsp3) is 0.571. The summed E-state index contributed by atoms with van der Waals surface area (Å²) in [5.74, 6) is -0.139. The minimum atomic E-state index is -0.139. The molecule has 0 aliphatic heterocycles. The molecule has 0 spiro atoms. The summed E-state index contributed by atoms with van der Waals surface area (Å²) in [5, 5.41) is 3.35. The third kappa shape index (κ3) is 3.93. The SMILES string of the molecule is CCNCC(C)(C)Cc1cc(F)ccc1C. The Hall–Kier alpha value is -0.890. The molecule has 0 atom stereocenters. The molecule has 0 bridgehead atoms. The number of halogens is 1. The van der Waals surface area contributed by atoms with Gasteiger partial charge in [-0.25, -0.2) is 4.39 Å². The smallest absolute Gasteiger partial charge is 0.123 e. The Morgan fingerprint density at radius 2 is 2.00 bits per heavy atom. The van der Waals surface area contributed by atoms with Gasteiger partial charge in [0.25, 0.3) is 0 Å². The average Bonchev–Trinajstić information content (AvgIpc) is 2.20. The van der Waals surface area contributed by atoms with E-state index in [1.165, 1.54) is 11.6 Å². The molecule has 0 aliphatic carbocycles. The van der Waals surface area contributed by atoms with Crippen molar-refractivity contribution in [2.45, 2.75) is 34.1 Å². The van der Waals surface area contributed by atoms with Crippen LogP contribution in [0.3, 0.4) is 0 Å². The first kappa shape index (κ1) is 13.2. The summed E-state index contributed by atoms with van der Waals surface area (Å²) in [4.78, 5) is 0. The fourth-order valence-electron chi connectivity index (χ4n) is 1.87. The van der Waals surface area contributed by atoms with Crippen LogP contribution in [0, 0.1) is 18.2 Å². The molecule has 1 aromatic rings. The Morgan fingerprint density at radius 3 is 2.62 bits per heavy atom. The van der Waals surface area contributed by atoms with E-state index in [1.54, 1.807) is 6.07 Å². The van der Waals surface area contributed by atoms with Crippen LogP contribution in [0.2, 0.25) is 0 Å². The van der Waals surface area contributed by atoms with Crippen molar-refractivity contribution in [3.05, 3.63) is 35.1 Å². The molecular formula is C14H22FN. The van der Waals surface area contributed by atoms with Crippen LogP contribution in [0.1, 0.15) is 31.9 Å². The quantitative estimate of drug-likeness (QED) is 0.807. The van der Waals surface area contributed by atoms with Gasteiger partial charge in [-0.1, -0.05) is 26.8 Å². The van der Waals surface area contributed by atoms with Gasteiger partial charge in [0.05, 0.1) is 0 Å². The second-order valence-corrected chi connectivity index (χ2v) is 5.19. The highest BCUT2D eigenvalue weighted by Crippen LogP contribution is 2.23. The Labute approximate surface area is 98.1 Å². The molecule has 90 valence electrons. The van der Waals surface area contributed by atoms with E-state index in [0.717, 1.165) is 25.1 Å². The van der Waals surface area contributed by atoms with Gasteiger partial charge in [0.1, 0.15) is 5.82 Å². The molecule has 0 amide bonds. The molecule has 0 saturated carbocycles. The van der Waals surface area contributed by atoms with E-state index in [9.17, 15) is 4.39 Å². The normalized spacial score (nSPS) is 11.8. The van der Waals surface area contributed by atoms with Gasteiger partial charge in [0, 0.05) is 6.54 Å². The maximum absolute atomic E-state index is 13.2. The zero-order chi connectivity index (χ0) is 12.2. The van der Waals surface area contributed by atoms with Gasteiger partial charge in [0.2, 0.25) is 0 Å². The molecule has 1 N–H and O–H groups in total. The van der Waals surface area contributed by atoms with Gasteiger partial charge in [-0.05, 0) is 48.6 Å². The first-order valence-corrected chi connectivity index (χ1v) is 5.90. The van der Waals surface area contributed by atoms with Gasteiger partial charge in [-0.15, -0.1) is 0 Å². The van der Waals surface area contributed by atoms with Crippen molar-refractivity contribution in [3.8, 4) is 0 Å². The molecule has 0 aliphatic rings. The largest absolute Gasteiger partial charge is 0.316 e. The third-order valence-corrected chi connectivity index (χ3v) is 2.83. The van der Waals surface area contributed by atoms with Crippen molar-refractivity contribution in [1.29, 1.82) is 0 Å². The number of nitrogens with one attached hydrogen (secondary N) is 1. The van der Waals surface area contributed by atoms with Crippen LogP contribution >= 0.6 is 0 Å². The van der Waals surface area contributed by atoms with E-state index in [2.05, 4.69) is 26.1 Å².